The van der Waals surface area contributed by atoms with Crippen molar-refractivity contribution >= 4 is 17.9 Å². The minimum absolute atomic E-state index is 0.0445. The van der Waals surface area contributed by atoms with Crippen molar-refractivity contribution in [2.45, 2.75) is 25.4 Å². The van der Waals surface area contributed by atoms with E-state index in [1.54, 1.807) is 24.1 Å². The number of carboxylic acid groups (broad SMARTS) is 1. The molecular formula is C12H19N5O4. The maximum atomic E-state index is 11.9. The summed E-state index contributed by atoms with van der Waals surface area (Å²) in [4.78, 5) is 35.0. The van der Waals surface area contributed by atoms with Gasteiger partial charge in [0.05, 0.1) is 12.7 Å². The molecule has 1 atom stereocenters. The van der Waals surface area contributed by atoms with Crippen LogP contribution in [-0.2, 0) is 23.2 Å². The third-order valence-corrected chi connectivity index (χ3v) is 2.80. The lowest BCUT2D eigenvalue weighted by Gasteiger charge is -2.20. The second-order valence-electron chi connectivity index (χ2n) is 4.72. The van der Waals surface area contributed by atoms with Crippen molar-refractivity contribution in [1.29, 1.82) is 0 Å². The minimum Gasteiger partial charge on any atom is -0.480 e. The van der Waals surface area contributed by atoms with Gasteiger partial charge in [-0.05, 0) is 6.42 Å². The van der Waals surface area contributed by atoms with E-state index < -0.39 is 23.9 Å². The standard InChI is InChI=1S/C12H19N5O4/c1-16(6-8-5-14-17(2)7-8)12(21)15-9(11(19)20)3-4-10(13)18/h5,7,9H,3-4,6H2,1-2H3,(H2,13,18)(H,15,21)(H,19,20)/t9-/m1/s1. The van der Waals surface area contributed by atoms with Crippen LogP contribution >= 0.6 is 0 Å². The molecule has 0 aliphatic rings. The molecule has 0 saturated carbocycles. The molecule has 1 aromatic heterocycles. The molecule has 21 heavy (non-hydrogen) atoms. The van der Waals surface area contributed by atoms with Crippen LogP contribution in [-0.4, -0.2) is 50.8 Å². The molecule has 1 rings (SSSR count). The summed E-state index contributed by atoms with van der Waals surface area (Å²) in [6.45, 7) is 0.293. The van der Waals surface area contributed by atoms with Gasteiger partial charge >= 0.3 is 12.0 Å². The number of primary amides is 1. The van der Waals surface area contributed by atoms with E-state index in [1.165, 1.54) is 11.9 Å². The van der Waals surface area contributed by atoms with E-state index in [9.17, 15) is 14.4 Å². The number of urea groups is 1. The number of hydrogen-bond acceptors (Lipinski definition) is 4. The Labute approximate surface area is 121 Å². The highest BCUT2D eigenvalue weighted by molar-refractivity contribution is 5.83. The maximum absolute atomic E-state index is 11.9. The predicted octanol–water partition coefficient (Wildman–Crippen LogP) is -0.720. The van der Waals surface area contributed by atoms with E-state index in [0.717, 1.165) is 5.56 Å². The van der Waals surface area contributed by atoms with Gasteiger partial charge in [-0.2, -0.15) is 5.10 Å². The van der Waals surface area contributed by atoms with Gasteiger partial charge in [0.1, 0.15) is 6.04 Å². The summed E-state index contributed by atoms with van der Waals surface area (Å²) in [6.07, 6.45) is 3.22. The first kappa shape index (κ1) is 16.5. The number of nitrogens with one attached hydrogen (secondary N) is 1. The number of rotatable bonds is 7. The molecular weight excluding hydrogens is 278 g/mol. The Morgan fingerprint density at radius 3 is 2.67 bits per heavy atom. The molecule has 0 spiro atoms. The number of nitrogens with zero attached hydrogens (tertiary/aromatic N) is 3. The molecule has 4 N–H and O–H groups in total. The first-order chi connectivity index (χ1) is 9.79. The fourth-order valence-electron chi connectivity index (χ4n) is 1.70. The van der Waals surface area contributed by atoms with Crippen LogP contribution in [0.3, 0.4) is 0 Å². The molecule has 1 heterocycles. The number of aromatic nitrogens is 2. The van der Waals surface area contributed by atoms with E-state index >= 15 is 0 Å². The molecule has 1 aromatic rings. The number of carbonyl (C=O) groups is 3. The van der Waals surface area contributed by atoms with Gasteiger partial charge < -0.3 is 21.1 Å². The molecule has 9 heteroatoms. The third kappa shape index (κ3) is 5.51. The smallest absolute Gasteiger partial charge is 0.326 e. The molecule has 3 amide bonds. The highest BCUT2D eigenvalue weighted by Crippen LogP contribution is 2.03. The van der Waals surface area contributed by atoms with Crippen molar-refractivity contribution in [3.05, 3.63) is 18.0 Å². The van der Waals surface area contributed by atoms with Crippen LogP contribution in [0.5, 0.6) is 0 Å². The lowest BCUT2D eigenvalue weighted by molar-refractivity contribution is -0.139. The van der Waals surface area contributed by atoms with E-state index in [2.05, 4.69) is 10.4 Å². The first-order valence-corrected chi connectivity index (χ1v) is 6.30. The molecule has 116 valence electrons. The number of amides is 3. The molecule has 0 aromatic carbocycles. The van der Waals surface area contributed by atoms with E-state index in [1.807, 2.05) is 0 Å². The van der Waals surface area contributed by atoms with E-state index in [4.69, 9.17) is 10.8 Å². The largest absolute Gasteiger partial charge is 0.480 e. The van der Waals surface area contributed by atoms with E-state index in [-0.39, 0.29) is 12.8 Å². The average Bonchev–Trinajstić information content (AvgIpc) is 2.78. The lowest BCUT2D eigenvalue weighted by atomic mass is 10.1. The number of nitrogens with two attached hydrogens (primary N) is 1. The SMILES string of the molecule is CN(Cc1cnn(C)c1)C(=O)N[C@H](CCC(N)=O)C(=O)O. The predicted molar refractivity (Wildman–Crippen MR) is 73.1 cm³/mol. The summed E-state index contributed by atoms with van der Waals surface area (Å²) in [5.41, 5.74) is 5.79. The van der Waals surface area contributed by atoms with Gasteiger partial charge in [0, 0.05) is 32.3 Å². The number of carboxylic acids is 1. The van der Waals surface area contributed by atoms with Crippen LogP contribution in [0, 0.1) is 0 Å². The Morgan fingerprint density at radius 1 is 1.52 bits per heavy atom. The molecule has 0 unspecified atom stereocenters. The first-order valence-electron chi connectivity index (χ1n) is 6.30. The molecule has 9 nitrogen and oxygen atoms in total. The monoisotopic (exact) mass is 297 g/mol. The molecule has 0 aliphatic heterocycles. The third-order valence-electron chi connectivity index (χ3n) is 2.80. The van der Waals surface area contributed by atoms with Crippen LogP contribution in [0.25, 0.3) is 0 Å². The van der Waals surface area contributed by atoms with Crippen LogP contribution in [0.1, 0.15) is 18.4 Å². The number of aliphatic carboxylic acids is 1. The average molecular weight is 297 g/mol. The highest BCUT2D eigenvalue weighted by atomic mass is 16.4. The fourth-order valence-corrected chi connectivity index (χ4v) is 1.70. The second kappa shape index (κ2) is 7.27. The summed E-state index contributed by atoms with van der Waals surface area (Å²) in [5.74, 6) is -1.82. The zero-order valence-corrected chi connectivity index (χ0v) is 11.9. The highest BCUT2D eigenvalue weighted by Gasteiger charge is 2.22. The number of hydrogen-bond donors (Lipinski definition) is 3. The zero-order chi connectivity index (χ0) is 16.0. The minimum atomic E-state index is -1.21. The van der Waals surface area contributed by atoms with Gasteiger partial charge in [0.2, 0.25) is 5.91 Å². The Bertz CT molecular complexity index is 527. The van der Waals surface area contributed by atoms with Gasteiger partial charge in [-0.15, -0.1) is 0 Å². The Morgan fingerprint density at radius 2 is 2.19 bits per heavy atom. The molecule has 0 saturated heterocycles. The van der Waals surface area contributed by atoms with Crippen LogP contribution < -0.4 is 11.1 Å². The normalized spacial score (nSPS) is 11.7. The summed E-state index contributed by atoms with van der Waals surface area (Å²) in [6, 6.07) is -1.70. The van der Waals surface area contributed by atoms with Crippen molar-refractivity contribution in [2.24, 2.45) is 12.8 Å². The summed E-state index contributed by atoms with van der Waals surface area (Å²) < 4.78 is 1.61. The van der Waals surface area contributed by atoms with Gasteiger partial charge in [0.15, 0.2) is 0 Å². The summed E-state index contributed by atoms with van der Waals surface area (Å²) in [7, 11) is 3.29. The second-order valence-corrected chi connectivity index (χ2v) is 4.72. The fraction of sp³-hybridized carbons (Fsp3) is 0.500. The number of aryl methyl sites for hydroxylation is 1. The van der Waals surface area contributed by atoms with Crippen LogP contribution in [0.4, 0.5) is 4.79 Å². The maximum Gasteiger partial charge on any atom is 0.326 e. The molecule has 0 aliphatic carbocycles. The quantitative estimate of drug-likeness (QED) is 0.611. The lowest BCUT2D eigenvalue weighted by Crippen LogP contribution is -2.46. The van der Waals surface area contributed by atoms with Gasteiger partial charge in [0.25, 0.3) is 0 Å². The van der Waals surface area contributed by atoms with Crippen molar-refractivity contribution in [2.75, 3.05) is 7.05 Å². The van der Waals surface area contributed by atoms with Crippen molar-refractivity contribution in [3.8, 4) is 0 Å². The zero-order valence-electron chi connectivity index (χ0n) is 11.9. The van der Waals surface area contributed by atoms with E-state index in [0.29, 0.717) is 6.54 Å². The topological polar surface area (TPSA) is 131 Å². The van der Waals surface area contributed by atoms with Crippen molar-refractivity contribution < 1.29 is 19.5 Å². The number of carbonyl (C=O) groups excluding carboxylic acids is 2. The van der Waals surface area contributed by atoms with Gasteiger partial charge in [-0.3, -0.25) is 9.48 Å². The molecule has 0 fully saturated rings. The Hall–Kier alpha value is -2.58. The summed E-state index contributed by atoms with van der Waals surface area (Å²) in [5, 5.41) is 15.3. The van der Waals surface area contributed by atoms with Crippen molar-refractivity contribution in [3.63, 3.8) is 0 Å². The molecule has 0 radical (unpaired) electrons. The van der Waals surface area contributed by atoms with Crippen molar-refractivity contribution in [1.82, 2.24) is 20.0 Å². The van der Waals surface area contributed by atoms with Gasteiger partial charge in [-0.1, -0.05) is 0 Å². The van der Waals surface area contributed by atoms with Crippen LogP contribution in [0.15, 0.2) is 12.4 Å². The molecule has 0 bridgehead atoms. The van der Waals surface area contributed by atoms with Crippen LogP contribution in [0.2, 0.25) is 0 Å². The Kier molecular flexibility index (Phi) is 5.70. The van der Waals surface area contributed by atoms with Gasteiger partial charge in [-0.25, -0.2) is 9.59 Å². The summed E-state index contributed by atoms with van der Waals surface area (Å²) >= 11 is 0. The Balaban J connectivity index is 2.55.